The molecule has 0 unspecified atom stereocenters. The third-order valence-electron chi connectivity index (χ3n) is 3.79. The predicted molar refractivity (Wildman–Crippen MR) is 82.3 cm³/mol. The van der Waals surface area contributed by atoms with Gasteiger partial charge in [0, 0.05) is 6.54 Å². The Morgan fingerprint density at radius 3 is 2.55 bits per heavy atom. The van der Waals surface area contributed by atoms with E-state index >= 15 is 0 Å². The second kappa shape index (κ2) is 6.10. The van der Waals surface area contributed by atoms with Crippen molar-refractivity contribution in [1.82, 2.24) is 5.32 Å². The Balaban J connectivity index is 1.73. The minimum absolute atomic E-state index is 0.860. The summed E-state index contributed by atoms with van der Waals surface area (Å²) in [5.41, 5.74) is 5.42. The summed E-state index contributed by atoms with van der Waals surface area (Å²) in [4.78, 5) is 0. The Hall–Kier alpha value is -1.80. The lowest BCUT2D eigenvalue weighted by Crippen LogP contribution is -2.08. The van der Waals surface area contributed by atoms with Crippen LogP contribution in [-0.4, -0.2) is 13.7 Å². The van der Waals surface area contributed by atoms with E-state index in [4.69, 9.17) is 4.74 Å². The number of aryl methyl sites for hydroxylation is 1. The fraction of sp³-hybridized carbons (Fsp3) is 0.333. The van der Waals surface area contributed by atoms with Gasteiger partial charge in [0.2, 0.25) is 0 Å². The molecular formula is C18H21NO. The molecule has 1 aliphatic rings. The van der Waals surface area contributed by atoms with E-state index in [2.05, 4.69) is 47.8 Å². The molecule has 1 N–H and O–H groups in total. The van der Waals surface area contributed by atoms with Gasteiger partial charge in [-0.15, -0.1) is 0 Å². The summed E-state index contributed by atoms with van der Waals surface area (Å²) in [5, 5.41) is 3.17. The molecule has 20 heavy (non-hydrogen) atoms. The van der Waals surface area contributed by atoms with Gasteiger partial charge in [-0.2, -0.15) is 0 Å². The van der Waals surface area contributed by atoms with Crippen molar-refractivity contribution >= 4 is 0 Å². The van der Waals surface area contributed by atoms with Gasteiger partial charge < -0.3 is 10.1 Å². The summed E-state index contributed by atoms with van der Waals surface area (Å²) in [7, 11) is 1.98. The Labute approximate surface area is 120 Å². The van der Waals surface area contributed by atoms with E-state index < -0.39 is 0 Å². The van der Waals surface area contributed by atoms with Crippen LogP contribution in [0.5, 0.6) is 5.75 Å². The summed E-state index contributed by atoms with van der Waals surface area (Å²) in [5.74, 6) is 1.07. The minimum atomic E-state index is 0.860. The second-order valence-electron chi connectivity index (χ2n) is 5.42. The third-order valence-corrected chi connectivity index (χ3v) is 3.79. The molecule has 0 saturated carbocycles. The van der Waals surface area contributed by atoms with Crippen molar-refractivity contribution in [1.29, 1.82) is 0 Å². The van der Waals surface area contributed by atoms with Crippen LogP contribution in [0.15, 0.2) is 42.5 Å². The highest BCUT2D eigenvalue weighted by Gasteiger charge is 2.10. The lowest BCUT2D eigenvalue weighted by molar-refractivity contribution is 0.288. The summed E-state index contributed by atoms with van der Waals surface area (Å²) in [6.07, 6.45) is 3.27. The number of nitrogens with one attached hydrogen (secondary N) is 1. The van der Waals surface area contributed by atoms with E-state index in [1.807, 2.05) is 7.05 Å². The lowest BCUT2D eigenvalue weighted by atomic mass is 9.98. The van der Waals surface area contributed by atoms with E-state index in [9.17, 15) is 0 Å². The molecular weight excluding hydrogens is 246 g/mol. The zero-order valence-electron chi connectivity index (χ0n) is 12.0. The van der Waals surface area contributed by atoms with Gasteiger partial charge in [-0.1, -0.05) is 36.4 Å². The fourth-order valence-corrected chi connectivity index (χ4v) is 2.74. The van der Waals surface area contributed by atoms with Gasteiger partial charge in [0.25, 0.3) is 0 Å². The molecule has 3 rings (SSSR count). The first-order valence-corrected chi connectivity index (χ1v) is 7.32. The molecule has 0 saturated heterocycles. The van der Waals surface area contributed by atoms with Crippen LogP contribution >= 0.6 is 0 Å². The molecule has 0 fully saturated rings. The first-order chi connectivity index (χ1) is 9.85. The number of fused-ring (bicyclic) bond motifs is 1. The standard InChI is InChI=1S/C18H21NO/c1-19-13-15-6-4-14(5-7-15)11-16-8-9-18-17(12-16)3-2-10-20-18/h4-9,12,19H,2-3,10-11,13H2,1H3. The molecule has 0 spiro atoms. The molecule has 1 heterocycles. The van der Waals surface area contributed by atoms with Crippen LogP contribution in [0, 0.1) is 0 Å². The van der Waals surface area contributed by atoms with Crippen LogP contribution in [0.4, 0.5) is 0 Å². The number of benzene rings is 2. The molecule has 0 atom stereocenters. The van der Waals surface area contributed by atoms with Gasteiger partial charge in [0.1, 0.15) is 5.75 Å². The average molecular weight is 267 g/mol. The Morgan fingerprint density at radius 2 is 1.75 bits per heavy atom. The topological polar surface area (TPSA) is 21.3 Å². The molecule has 0 radical (unpaired) electrons. The van der Waals surface area contributed by atoms with Gasteiger partial charge in [-0.05, 0) is 54.6 Å². The maximum Gasteiger partial charge on any atom is 0.122 e. The van der Waals surface area contributed by atoms with Crippen molar-refractivity contribution < 1.29 is 4.74 Å². The van der Waals surface area contributed by atoms with Crippen molar-refractivity contribution in [3.05, 3.63) is 64.7 Å². The predicted octanol–water partition coefficient (Wildman–Crippen LogP) is 3.32. The highest BCUT2D eigenvalue weighted by atomic mass is 16.5. The summed E-state index contributed by atoms with van der Waals surface area (Å²) < 4.78 is 5.66. The smallest absolute Gasteiger partial charge is 0.122 e. The maximum absolute atomic E-state index is 5.66. The largest absolute Gasteiger partial charge is 0.493 e. The third kappa shape index (κ3) is 3.02. The number of hydrogen-bond donors (Lipinski definition) is 1. The van der Waals surface area contributed by atoms with Crippen molar-refractivity contribution in [3.63, 3.8) is 0 Å². The van der Waals surface area contributed by atoms with Gasteiger partial charge >= 0.3 is 0 Å². The summed E-state index contributed by atoms with van der Waals surface area (Å²) in [6.45, 7) is 1.79. The molecule has 2 heteroatoms. The van der Waals surface area contributed by atoms with Crippen molar-refractivity contribution in [2.75, 3.05) is 13.7 Å². The average Bonchev–Trinajstić information content (AvgIpc) is 2.49. The molecule has 0 aromatic heterocycles. The Morgan fingerprint density at radius 1 is 1.00 bits per heavy atom. The van der Waals surface area contributed by atoms with Crippen LogP contribution in [-0.2, 0) is 19.4 Å². The quantitative estimate of drug-likeness (QED) is 0.917. The van der Waals surface area contributed by atoms with E-state index in [1.165, 1.54) is 22.3 Å². The van der Waals surface area contributed by atoms with Gasteiger partial charge in [-0.25, -0.2) is 0 Å². The molecule has 104 valence electrons. The van der Waals surface area contributed by atoms with Gasteiger partial charge in [-0.3, -0.25) is 0 Å². The molecule has 0 aliphatic carbocycles. The van der Waals surface area contributed by atoms with Crippen LogP contribution in [0.2, 0.25) is 0 Å². The number of ether oxygens (including phenoxy) is 1. The van der Waals surface area contributed by atoms with Crippen molar-refractivity contribution in [3.8, 4) is 5.75 Å². The summed E-state index contributed by atoms with van der Waals surface area (Å²) in [6, 6.07) is 15.5. The lowest BCUT2D eigenvalue weighted by Gasteiger charge is -2.18. The van der Waals surface area contributed by atoms with Gasteiger partial charge in [0.05, 0.1) is 6.61 Å². The molecule has 2 aromatic carbocycles. The molecule has 1 aliphatic heterocycles. The molecule has 2 nitrogen and oxygen atoms in total. The zero-order chi connectivity index (χ0) is 13.8. The monoisotopic (exact) mass is 267 g/mol. The Kier molecular flexibility index (Phi) is 4.03. The van der Waals surface area contributed by atoms with Crippen molar-refractivity contribution in [2.24, 2.45) is 0 Å². The molecule has 2 aromatic rings. The van der Waals surface area contributed by atoms with Crippen LogP contribution < -0.4 is 10.1 Å². The Bertz CT molecular complexity index is 574. The zero-order valence-corrected chi connectivity index (χ0v) is 12.0. The first kappa shape index (κ1) is 13.2. The van der Waals surface area contributed by atoms with Crippen LogP contribution in [0.1, 0.15) is 28.7 Å². The van der Waals surface area contributed by atoms with E-state index in [0.29, 0.717) is 0 Å². The SMILES string of the molecule is CNCc1ccc(Cc2ccc3c(c2)CCCO3)cc1. The van der Waals surface area contributed by atoms with Crippen LogP contribution in [0.25, 0.3) is 0 Å². The summed E-state index contributed by atoms with van der Waals surface area (Å²) >= 11 is 0. The van der Waals surface area contributed by atoms with E-state index in [1.54, 1.807) is 0 Å². The van der Waals surface area contributed by atoms with E-state index in [0.717, 1.165) is 38.2 Å². The van der Waals surface area contributed by atoms with Crippen LogP contribution in [0.3, 0.4) is 0 Å². The highest BCUT2D eigenvalue weighted by molar-refractivity contribution is 5.40. The fourth-order valence-electron chi connectivity index (χ4n) is 2.74. The number of rotatable bonds is 4. The number of hydrogen-bond acceptors (Lipinski definition) is 2. The highest BCUT2D eigenvalue weighted by Crippen LogP contribution is 2.26. The van der Waals surface area contributed by atoms with Gasteiger partial charge in [0.15, 0.2) is 0 Å². The minimum Gasteiger partial charge on any atom is -0.493 e. The van der Waals surface area contributed by atoms with E-state index in [-0.39, 0.29) is 0 Å². The normalized spacial score (nSPS) is 13.7. The molecule has 0 bridgehead atoms. The maximum atomic E-state index is 5.66. The van der Waals surface area contributed by atoms with Crippen molar-refractivity contribution in [2.45, 2.75) is 25.8 Å². The first-order valence-electron chi connectivity index (χ1n) is 7.32. The molecule has 0 amide bonds. The second-order valence-corrected chi connectivity index (χ2v) is 5.42.